The third kappa shape index (κ3) is 3.14. The number of H-pyrrole nitrogens is 1. The SMILES string of the molecule is CS(=O)(=O)Nc1ccccc1-c1nc2ccc([N+](=O)[O-])cc2[nH]1. The first-order valence-electron chi connectivity index (χ1n) is 6.55. The van der Waals surface area contributed by atoms with Gasteiger partial charge in [0.25, 0.3) is 5.69 Å². The normalized spacial score (nSPS) is 11.5. The van der Waals surface area contributed by atoms with E-state index in [0.29, 0.717) is 28.1 Å². The number of nitro groups is 1. The second kappa shape index (κ2) is 5.36. The topological polar surface area (TPSA) is 118 Å². The molecular formula is C14H12N4O4S. The average Bonchev–Trinajstić information content (AvgIpc) is 2.88. The highest BCUT2D eigenvalue weighted by Gasteiger charge is 2.14. The zero-order chi connectivity index (χ0) is 16.6. The van der Waals surface area contributed by atoms with Crippen molar-refractivity contribution in [2.24, 2.45) is 0 Å². The maximum atomic E-state index is 11.5. The van der Waals surface area contributed by atoms with Crippen molar-refractivity contribution in [3.63, 3.8) is 0 Å². The van der Waals surface area contributed by atoms with Crippen molar-refractivity contribution in [2.75, 3.05) is 11.0 Å². The van der Waals surface area contributed by atoms with Crippen molar-refractivity contribution >= 4 is 32.4 Å². The van der Waals surface area contributed by atoms with Gasteiger partial charge < -0.3 is 4.98 Å². The van der Waals surface area contributed by atoms with E-state index in [1.54, 1.807) is 30.3 Å². The number of aromatic nitrogens is 2. The van der Waals surface area contributed by atoms with Gasteiger partial charge in [-0.3, -0.25) is 14.8 Å². The van der Waals surface area contributed by atoms with Gasteiger partial charge >= 0.3 is 0 Å². The van der Waals surface area contributed by atoms with Crippen LogP contribution in [0.5, 0.6) is 0 Å². The molecule has 8 nitrogen and oxygen atoms in total. The number of aromatic amines is 1. The number of benzene rings is 2. The Bertz CT molecular complexity index is 1010. The van der Waals surface area contributed by atoms with Gasteiger partial charge in [0.15, 0.2) is 0 Å². The summed E-state index contributed by atoms with van der Waals surface area (Å²) < 4.78 is 25.3. The molecule has 0 fully saturated rings. The second-order valence-electron chi connectivity index (χ2n) is 4.96. The third-order valence-corrected chi connectivity index (χ3v) is 3.74. The number of nitrogens with one attached hydrogen (secondary N) is 2. The molecule has 0 saturated heterocycles. The van der Waals surface area contributed by atoms with Crippen LogP contribution in [0.25, 0.3) is 22.4 Å². The van der Waals surface area contributed by atoms with Crippen molar-refractivity contribution in [1.29, 1.82) is 0 Å². The molecule has 0 unspecified atom stereocenters. The molecule has 0 aliphatic rings. The number of para-hydroxylation sites is 1. The van der Waals surface area contributed by atoms with Crippen LogP contribution in [0.3, 0.4) is 0 Å². The first kappa shape index (κ1) is 15.0. The van der Waals surface area contributed by atoms with Crippen LogP contribution in [-0.2, 0) is 10.0 Å². The maximum Gasteiger partial charge on any atom is 0.271 e. The summed E-state index contributed by atoms with van der Waals surface area (Å²) in [6.07, 6.45) is 1.06. The highest BCUT2D eigenvalue weighted by atomic mass is 32.2. The van der Waals surface area contributed by atoms with Crippen LogP contribution in [0.15, 0.2) is 42.5 Å². The summed E-state index contributed by atoms with van der Waals surface area (Å²) in [6.45, 7) is 0. The number of fused-ring (bicyclic) bond motifs is 1. The number of anilines is 1. The summed E-state index contributed by atoms with van der Waals surface area (Å²) in [5.41, 5.74) is 1.94. The van der Waals surface area contributed by atoms with Gasteiger partial charge in [-0.15, -0.1) is 0 Å². The third-order valence-electron chi connectivity index (χ3n) is 3.15. The lowest BCUT2D eigenvalue weighted by atomic mass is 10.2. The largest absolute Gasteiger partial charge is 0.338 e. The predicted molar refractivity (Wildman–Crippen MR) is 86.7 cm³/mol. The quantitative estimate of drug-likeness (QED) is 0.562. The van der Waals surface area contributed by atoms with Crippen molar-refractivity contribution < 1.29 is 13.3 Å². The Morgan fingerprint density at radius 1 is 1.22 bits per heavy atom. The van der Waals surface area contributed by atoms with E-state index in [9.17, 15) is 18.5 Å². The molecule has 0 amide bonds. The fraction of sp³-hybridized carbons (Fsp3) is 0.0714. The van der Waals surface area contributed by atoms with Crippen LogP contribution in [0.4, 0.5) is 11.4 Å². The van der Waals surface area contributed by atoms with Gasteiger partial charge in [0.2, 0.25) is 10.0 Å². The highest BCUT2D eigenvalue weighted by Crippen LogP contribution is 2.29. The number of hydrogen-bond acceptors (Lipinski definition) is 5. The number of non-ortho nitro benzene ring substituents is 1. The molecule has 0 aliphatic heterocycles. The molecule has 0 radical (unpaired) electrons. The Labute approximate surface area is 131 Å². The second-order valence-corrected chi connectivity index (χ2v) is 6.71. The summed E-state index contributed by atoms with van der Waals surface area (Å²) in [7, 11) is -3.44. The van der Waals surface area contributed by atoms with Crippen LogP contribution >= 0.6 is 0 Å². The summed E-state index contributed by atoms with van der Waals surface area (Å²) in [5, 5.41) is 10.8. The van der Waals surface area contributed by atoms with Gasteiger partial charge in [-0.1, -0.05) is 12.1 Å². The van der Waals surface area contributed by atoms with Gasteiger partial charge in [-0.05, 0) is 18.2 Å². The van der Waals surface area contributed by atoms with Crippen molar-refractivity contribution in [1.82, 2.24) is 9.97 Å². The van der Waals surface area contributed by atoms with E-state index in [0.717, 1.165) is 6.26 Å². The average molecular weight is 332 g/mol. The van der Waals surface area contributed by atoms with Crippen LogP contribution in [-0.4, -0.2) is 29.6 Å². The van der Waals surface area contributed by atoms with Gasteiger partial charge in [-0.25, -0.2) is 13.4 Å². The van der Waals surface area contributed by atoms with Gasteiger partial charge in [0.1, 0.15) is 5.82 Å². The van der Waals surface area contributed by atoms with E-state index >= 15 is 0 Å². The maximum absolute atomic E-state index is 11.5. The first-order valence-corrected chi connectivity index (χ1v) is 8.44. The van der Waals surface area contributed by atoms with Crippen LogP contribution < -0.4 is 4.72 Å². The van der Waals surface area contributed by atoms with Crippen molar-refractivity contribution in [3.8, 4) is 11.4 Å². The molecule has 9 heteroatoms. The van der Waals surface area contributed by atoms with E-state index in [1.165, 1.54) is 12.1 Å². The monoisotopic (exact) mass is 332 g/mol. The first-order chi connectivity index (χ1) is 10.8. The van der Waals surface area contributed by atoms with Gasteiger partial charge in [0.05, 0.1) is 27.9 Å². The van der Waals surface area contributed by atoms with E-state index in [2.05, 4.69) is 14.7 Å². The van der Waals surface area contributed by atoms with Gasteiger partial charge in [0, 0.05) is 17.7 Å². The Morgan fingerprint density at radius 2 is 1.96 bits per heavy atom. The van der Waals surface area contributed by atoms with Crippen LogP contribution in [0.1, 0.15) is 0 Å². The van der Waals surface area contributed by atoms with Gasteiger partial charge in [-0.2, -0.15) is 0 Å². The minimum atomic E-state index is -3.44. The molecule has 1 aromatic heterocycles. The number of hydrogen-bond donors (Lipinski definition) is 2. The minimum Gasteiger partial charge on any atom is -0.338 e. The smallest absolute Gasteiger partial charge is 0.271 e. The number of rotatable bonds is 4. The molecule has 3 rings (SSSR count). The highest BCUT2D eigenvalue weighted by molar-refractivity contribution is 7.92. The molecule has 2 aromatic carbocycles. The Balaban J connectivity index is 2.12. The van der Waals surface area contributed by atoms with E-state index in [1.807, 2.05) is 0 Å². The molecule has 2 N–H and O–H groups in total. The molecule has 0 saturated carbocycles. The fourth-order valence-corrected chi connectivity index (χ4v) is 2.79. The lowest BCUT2D eigenvalue weighted by Gasteiger charge is -2.08. The molecule has 1 heterocycles. The summed E-state index contributed by atoms with van der Waals surface area (Å²) in [5.74, 6) is 0.423. The van der Waals surface area contributed by atoms with Crippen LogP contribution in [0, 0.1) is 10.1 Å². The molecule has 0 aliphatic carbocycles. The Morgan fingerprint density at radius 3 is 2.65 bits per heavy atom. The molecule has 23 heavy (non-hydrogen) atoms. The number of sulfonamides is 1. The standard InChI is InChI=1S/C14H12N4O4S/c1-23(21,22)17-11-5-3-2-4-10(11)14-15-12-7-6-9(18(19)20)8-13(12)16-14/h2-8,17H,1H3,(H,15,16). The van der Waals surface area contributed by atoms with E-state index < -0.39 is 14.9 Å². The minimum absolute atomic E-state index is 0.0461. The number of imidazole rings is 1. The van der Waals surface area contributed by atoms with Crippen molar-refractivity contribution in [3.05, 3.63) is 52.6 Å². The lowest BCUT2D eigenvalue weighted by Crippen LogP contribution is -2.10. The van der Waals surface area contributed by atoms with E-state index in [-0.39, 0.29) is 5.69 Å². The number of nitrogens with zero attached hydrogens (tertiary/aromatic N) is 2. The number of nitro benzene ring substituents is 1. The van der Waals surface area contributed by atoms with E-state index in [4.69, 9.17) is 0 Å². The molecule has 0 spiro atoms. The molecular weight excluding hydrogens is 320 g/mol. The molecule has 118 valence electrons. The van der Waals surface area contributed by atoms with Crippen LogP contribution in [0.2, 0.25) is 0 Å². The summed E-state index contributed by atoms with van der Waals surface area (Å²) >= 11 is 0. The lowest BCUT2D eigenvalue weighted by molar-refractivity contribution is -0.384. The zero-order valence-corrected chi connectivity index (χ0v) is 12.8. The fourth-order valence-electron chi connectivity index (χ4n) is 2.22. The molecule has 0 atom stereocenters. The Hall–Kier alpha value is -2.94. The Kier molecular flexibility index (Phi) is 3.49. The summed E-state index contributed by atoms with van der Waals surface area (Å²) in [6, 6.07) is 11.1. The zero-order valence-electron chi connectivity index (χ0n) is 12.0. The van der Waals surface area contributed by atoms with Crippen molar-refractivity contribution in [2.45, 2.75) is 0 Å². The predicted octanol–water partition coefficient (Wildman–Crippen LogP) is 2.51. The summed E-state index contributed by atoms with van der Waals surface area (Å²) in [4.78, 5) is 17.7. The molecule has 3 aromatic rings. The molecule has 0 bridgehead atoms.